The maximum absolute atomic E-state index is 13.1. The lowest BCUT2D eigenvalue weighted by Gasteiger charge is -2.31. The van der Waals surface area contributed by atoms with Gasteiger partial charge in [0.2, 0.25) is 0 Å². The van der Waals surface area contributed by atoms with Crippen LogP contribution in [0.5, 0.6) is 0 Å². The van der Waals surface area contributed by atoms with Crippen molar-refractivity contribution in [2.24, 2.45) is 5.92 Å². The van der Waals surface area contributed by atoms with Gasteiger partial charge in [-0.1, -0.05) is 24.6 Å². The second-order valence-corrected chi connectivity index (χ2v) is 6.95. The summed E-state index contributed by atoms with van der Waals surface area (Å²) in [5, 5.41) is 4.46. The predicted octanol–water partition coefficient (Wildman–Crippen LogP) is 3.16. The van der Waals surface area contributed by atoms with E-state index in [0.717, 1.165) is 24.2 Å². The lowest BCUT2D eigenvalue weighted by atomic mass is 9.97. The van der Waals surface area contributed by atoms with Gasteiger partial charge in [-0.05, 0) is 45.2 Å². The molecule has 0 unspecified atom stereocenters. The number of hydrogen-bond donors (Lipinski definition) is 0. The molecule has 1 aliphatic rings. The lowest BCUT2D eigenvalue weighted by molar-refractivity contribution is -0.149. The van der Waals surface area contributed by atoms with Crippen molar-refractivity contribution in [2.45, 2.75) is 40.0 Å². The summed E-state index contributed by atoms with van der Waals surface area (Å²) >= 11 is 0. The summed E-state index contributed by atoms with van der Waals surface area (Å²) in [5.74, 6) is -0.500. The Hall–Kier alpha value is -2.63. The summed E-state index contributed by atoms with van der Waals surface area (Å²) in [6.45, 7) is 7.31. The molecular weight excluding hydrogens is 342 g/mol. The quantitative estimate of drug-likeness (QED) is 0.760. The molecule has 0 saturated carbocycles. The Balaban J connectivity index is 1.82. The molecule has 1 aromatic carbocycles. The summed E-state index contributed by atoms with van der Waals surface area (Å²) in [6, 6.07) is 8.08. The summed E-state index contributed by atoms with van der Waals surface area (Å²) in [7, 11) is 0. The zero-order valence-corrected chi connectivity index (χ0v) is 16.3. The van der Waals surface area contributed by atoms with Gasteiger partial charge in [-0.3, -0.25) is 9.59 Å². The van der Waals surface area contributed by atoms with Gasteiger partial charge in [-0.25, -0.2) is 4.68 Å². The van der Waals surface area contributed by atoms with Gasteiger partial charge in [0.15, 0.2) is 0 Å². The maximum Gasteiger partial charge on any atom is 0.310 e. The van der Waals surface area contributed by atoms with Crippen molar-refractivity contribution in [2.75, 3.05) is 19.7 Å². The summed E-state index contributed by atoms with van der Waals surface area (Å²) in [4.78, 5) is 27.0. The molecule has 0 spiro atoms. The van der Waals surface area contributed by atoms with Gasteiger partial charge < -0.3 is 9.64 Å². The van der Waals surface area contributed by atoms with Crippen LogP contribution in [0.15, 0.2) is 30.5 Å². The van der Waals surface area contributed by atoms with Crippen molar-refractivity contribution >= 4 is 11.9 Å². The molecule has 1 atom stereocenters. The molecule has 6 nitrogen and oxygen atoms in total. The van der Waals surface area contributed by atoms with Crippen molar-refractivity contribution < 1.29 is 14.3 Å². The molecule has 1 amide bonds. The smallest absolute Gasteiger partial charge is 0.310 e. The van der Waals surface area contributed by atoms with Crippen LogP contribution in [0.3, 0.4) is 0 Å². The van der Waals surface area contributed by atoms with Gasteiger partial charge in [0, 0.05) is 13.1 Å². The number of ether oxygens (including phenoxy) is 1. The first kappa shape index (κ1) is 19.1. The first-order chi connectivity index (χ1) is 13.0. The number of piperidine rings is 1. The number of rotatable bonds is 5. The minimum absolute atomic E-state index is 0.0563. The Morgan fingerprint density at radius 3 is 2.63 bits per heavy atom. The van der Waals surface area contributed by atoms with Crippen molar-refractivity contribution in [1.29, 1.82) is 0 Å². The number of likely N-dealkylation sites (tertiary alicyclic amines) is 1. The van der Waals surface area contributed by atoms with E-state index in [1.807, 2.05) is 42.8 Å². The molecule has 2 heterocycles. The topological polar surface area (TPSA) is 64.4 Å². The van der Waals surface area contributed by atoms with Gasteiger partial charge in [0.25, 0.3) is 5.91 Å². The number of aryl methyl sites for hydroxylation is 1. The molecule has 0 N–H and O–H groups in total. The average molecular weight is 369 g/mol. The number of nitrogens with zero attached hydrogens (tertiary/aromatic N) is 3. The number of amides is 1. The molecular formula is C21H27N3O3. The first-order valence-electron chi connectivity index (χ1n) is 9.65. The number of carbonyl (C=O) groups is 2. The SMILES string of the molecule is CCOC(=O)[C@@H]1CCCN(C(=O)c2cnn(-c3ccc(C)cc3)c2CC)C1. The number of esters is 1. The average Bonchev–Trinajstić information content (AvgIpc) is 3.12. The Kier molecular flexibility index (Phi) is 5.94. The lowest BCUT2D eigenvalue weighted by Crippen LogP contribution is -2.43. The van der Waals surface area contributed by atoms with E-state index >= 15 is 0 Å². The zero-order chi connectivity index (χ0) is 19.4. The van der Waals surface area contributed by atoms with Crippen LogP contribution in [0.4, 0.5) is 0 Å². The van der Waals surface area contributed by atoms with Crippen LogP contribution in [0.2, 0.25) is 0 Å². The van der Waals surface area contributed by atoms with Gasteiger partial charge in [-0.2, -0.15) is 5.10 Å². The third-order valence-electron chi connectivity index (χ3n) is 5.04. The van der Waals surface area contributed by atoms with E-state index in [0.29, 0.717) is 31.7 Å². The van der Waals surface area contributed by atoms with E-state index in [4.69, 9.17) is 4.74 Å². The molecule has 27 heavy (non-hydrogen) atoms. The zero-order valence-electron chi connectivity index (χ0n) is 16.3. The van der Waals surface area contributed by atoms with E-state index in [9.17, 15) is 9.59 Å². The van der Waals surface area contributed by atoms with Crippen LogP contribution in [0.1, 0.15) is 48.3 Å². The molecule has 0 aliphatic carbocycles. The van der Waals surface area contributed by atoms with Crippen LogP contribution in [0, 0.1) is 12.8 Å². The fourth-order valence-electron chi connectivity index (χ4n) is 3.59. The number of carbonyl (C=O) groups excluding carboxylic acids is 2. The number of hydrogen-bond acceptors (Lipinski definition) is 4. The Labute approximate surface area is 160 Å². The molecule has 0 radical (unpaired) electrons. The molecule has 2 aromatic rings. The first-order valence-corrected chi connectivity index (χ1v) is 9.65. The Bertz CT molecular complexity index is 811. The highest BCUT2D eigenvalue weighted by Gasteiger charge is 2.31. The van der Waals surface area contributed by atoms with Crippen LogP contribution in [-0.2, 0) is 16.0 Å². The van der Waals surface area contributed by atoms with Crippen LogP contribution < -0.4 is 0 Å². The van der Waals surface area contributed by atoms with Gasteiger partial charge in [-0.15, -0.1) is 0 Å². The molecule has 1 aliphatic heterocycles. The fraction of sp³-hybridized carbons (Fsp3) is 0.476. The van der Waals surface area contributed by atoms with Gasteiger partial charge in [0.1, 0.15) is 0 Å². The highest BCUT2D eigenvalue weighted by Crippen LogP contribution is 2.23. The third-order valence-corrected chi connectivity index (χ3v) is 5.04. The summed E-state index contributed by atoms with van der Waals surface area (Å²) in [6.07, 6.45) is 3.92. The van der Waals surface area contributed by atoms with E-state index in [-0.39, 0.29) is 17.8 Å². The summed E-state index contributed by atoms with van der Waals surface area (Å²) in [5.41, 5.74) is 3.63. The molecule has 6 heteroatoms. The second-order valence-electron chi connectivity index (χ2n) is 6.95. The van der Waals surface area contributed by atoms with Gasteiger partial charge >= 0.3 is 5.97 Å². The van der Waals surface area contributed by atoms with Crippen molar-refractivity contribution in [3.63, 3.8) is 0 Å². The van der Waals surface area contributed by atoms with Crippen molar-refractivity contribution in [3.8, 4) is 5.69 Å². The molecule has 1 fully saturated rings. The minimum Gasteiger partial charge on any atom is -0.466 e. The molecule has 0 bridgehead atoms. The molecule has 1 saturated heterocycles. The van der Waals surface area contributed by atoms with Crippen LogP contribution >= 0.6 is 0 Å². The van der Waals surface area contributed by atoms with E-state index < -0.39 is 0 Å². The Morgan fingerprint density at radius 1 is 1.22 bits per heavy atom. The standard InChI is InChI=1S/C21H27N3O3/c1-4-19-18(13-22-24(19)17-10-8-15(3)9-11-17)20(25)23-12-6-7-16(14-23)21(26)27-5-2/h8-11,13,16H,4-7,12,14H2,1-3H3/t16-/m1/s1. The maximum atomic E-state index is 13.1. The normalized spacial score (nSPS) is 17.0. The van der Waals surface area contributed by atoms with Crippen LogP contribution in [-0.4, -0.2) is 46.3 Å². The highest BCUT2D eigenvalue weighted by molar-refractivity contribution is 5.95. The monoisotopic (exact) mass is 369 g/mol. The molecule has 1 aromatic heterocycles. The van der Waals surface area contributed by atoms with E-state index in [1.54, 1.807) is 18.0 Å². The van der Waals surface area contributed by atoms with Crippen LogP contribution in [0.25, 0.3) is 5.69 Å². The van der Waals surface area contributed by atoms with E-state index in [2.05, 4.69) is 5.10 Å². The Morgan fingerprint density at radius 2 is 1.96 bits per heavy atom. The molecule has 3 rings (SSSR count). The molecule has 144 valence electrons. The largest absolute Gasteiger partial charge is 0.466 e. The third kappa shape index (κ3) is 4.04. The number of aromatic nitrogens is 2. The minimum atomic E-state index is -0.236. The fourth-order valence-corrected chi connectivity index (χ4v) is 3.59. The van der Waals surface area contributed by atoms with Crippen molar-refractivity contribution in [3.05, 3.63) is 47.3 Å². The summed E-state index contributed by atoms with van der Waals surface area (Å²) < 4.78 is 6.97. The highest BCUT2D eigenvalue weighted by atomic mass is 16.5. The van der Waals surface area contributed by atoms with Crippen molar-refractivity contribution in [1.82, 2.24) is 14.7 Å². The predicted molar refractivity (Wildman–Crippen MR) is 103 cm³/mol. The van der Waals surface area contributed by atoms with E-state index in [1.165, 1.54) is 5.56 Å². The number of benzene rings is 1. The second kappa shape index (κ2) is 8.37. The van der Waals surface area contributed by atoms with Gasteiger partial charge in [0.05, 0.1) is 35.7 Å².